The van der Waals surface area contributed by atoms with Gasteiger partial charge < -0.3 is 16.4 Å². The van der Waals surface area contributed by atoms with Crippen LogP contribution >= 0.6 is 0 Å². The van der Waals surface area contributed by atoms with Crippen molar-refractivity contribution in [1.29, 1.82) is 0 Å². The number of carbonyl (C=O) groups is 2. The minimum atomic E-state index is -0.403. The first-order chi connectivity index (χ1) is 9.78. The number of carbonyl (C=O) groups excluding carboxylic acids is 2. The number of hydrogen-bond donors (Lipinski definition) is 2. The highest BCUT2D eigenvalue weighted by atomic mass is 16.2. The lowest BCUT2D eigenvalue weighted by Gasteiger charge is -2.25. The van der Waals surface area contributed by atoms with E-state index in [9.17, 15) is 9.59 Å². The van der Waals surface area contributed by atoms with Crippen LogP contribution in [0.25, 0.3) is 0 Å². The van der Waals surface area contributed by atoms with Gasteiger partial charge in [-0.3, -0.25) is 9.59 Å². The molecule has 0 fully saturated rings. The number of nitrogens with two attached hydrogens (primary N) is 2. The molecule has 0 saturated heterocycles. The van der Waals surface area contributed by atoms with Crippen LogP contribution in [0.15, 0.2) is 30.3 Å². The quantitative estimate of drug-likeness (QED) is 0.759. The summed E-state index contributed by atoms with van der Waals surface area (Å²) in [6, 6.07) is 9.69. The van der Waals surface area contributed by atoms with Crippen LogP contribution in [0.5, 0.6) is 0 Å². The third-order valence-corrected chi connectivity index (χ3v) is 3.18. The summed E-state index contributed by atoms with van der Waals surface area (Å²) >= 11 is 0. The smallest absolute Gasteiger partial charge is 0.222 e. The van der Waals surface area contributed by atoms with Crippen molar-refractivity contribution in [3.05, 3.63) is 35.9 Å². The van der Waals surface area contributed by atoms with Crippen LogP contribution in [0.2, 0.25) is 0 Å². The maximum Gasteiger partial charge on any atom is 0.222 e. The summed E-state index contributed by atoms with van der Waals surface area (Å²) in [5.41, 5.74) is 11.7. The lowest BCUT2D eigenvalue weighted by molar-refractivity contribution is -0.132. The van der Waals surface area contributed by atoms with Crippen molar-refractivity contribution in [2.45, 2.75) is 45.2 Å². The Bertz CT molecular complexity index is 466. The van der Waals surface area contributed by atoms with Gasteiger partial charge in [0, 0.05) is 31.5 Å². The second-order valence-electron chi connectivity index (χ2n) is 6.01. The highest BCUT2D eigenvalue weighted by Crippen LogP contribution is 2.12. The molecule has 0 unspecified atom stereocenters. The van der Waals surface area contributed by atoms with Crippen molar-refractivity contribution >= 4 is 11.8 Å². The lowest BCUT2D eigenvalue weighted by atomic mass is 9.99. The fraction of sp³-hybridized carbons (Fsp3) is 0.500. The molecule has 5 heteroatoms. The van der Waals surface area contributed by atoms with E-state index in [1.165, 1.54) is 0 Å². The number of hydrogen-bond acceptors (Lipinski definition) is 3. The molecular formula is C16H25N3O2. The van der Waals surface area contributed by atoms with E-state index < -0.39 is 5.91 Å². The molecule has 0 atom stereocenters. The molecule has 0 aliphatic heterocycles. The summed E-state index contributed by atoms with van der Waals surface area (Å²) in [5, 5.41) is 0. The van der Waals surface area contributed by atoms with Gasteiger partial charge in [0.1, 0.15) is 0 Å². The van der Waals surface area contributed by atoms with Crippen LogP contribution < -0.4 is 11.5 Å². The molecule has 0 aliphatic rings. The highest BCUT2D eigenvalue weighted by molar-refractivity contribution is 5.78. The fourth-order valence-corrected chi connectivity index (χ4v) is 1.93. The Kier molecular flexibility index (Phi) is 6.37. The summed E-state index contributed by atoms with van der Waals surface area (Å²) in [7, 11) is 0. The van der Waals surface area contributed by atoms with Crippen molar-refractivity contribution < 1.29 is 9.59 Å². The van der Waals surface area contributed by atoms with Crippen LogP contribution in [-0.2, 0) is 16.1 Å². The second-order valence-corrected chi connectivity index (χ2v) is 6.01. The number of primary amides is 1. The van der Waals surface area contributed by atoms with Crippen molar-refractivity contribution in [2.75, 3.05) is 6.54 Å². The van der Waals surface area contributed by atoms with E-state index in [1.807, 2.05) is 44.2 Å². The molecule has 5 nitrogen and oxygen atoms in total. The van der Waals surface area contributed by atoms with Gasteiger partial charge in [-0.05, 0) is 25.8 Å². The Hall–Kier alpha value is -1.88. The van der Waals surface area contributed by atoms with Crippen molar-refractivity contribution in [3.63, 3.8) is 0 Å². The number of rotatable bonds is 8. The van der Waals surface area contributed by atoms with E-state index >= 15 is 0 Å². The van der Waals surface area contributed by atoms with Gasteiger partial charge in [-0.2, -0.15) is 0 Å². The van der Waals surface area contributed by atoms with Gasteiger partial charge in [-0.1, -0.05) is 30.3 Å². The SMILES string of the molecule is CC(C)(N)CCC(=O)N(CCC(N)=O)Cc1ccccc1. The van der Waals surface area contributed by atoms with Crippen molar-refractivity contribution in [3.8, 4) is 0 Å². The highest BCUT2D eigenvalue weighted by Gasteiger charge is 2.18. The Morgan fingerprint density at radius 3 is 2.29 bits per heavy atom. The molecule has 4 N–H and O–H groups in total. The van der Waals surface area contributed by atoms with Crippen LogP contribution in [0.1, 0.15) is 38.7 Å². The van der Waals surface area contributed by atoms with E-state index in [0.29, 0.717) is 25.9 Å². The third-order valence-electron chi connectivity index (χ3n) is 3.18. The molecule has 0 heterocycles. The largest absolute Gasteiger partial charge is 0.370 e. The number of amides is 2. The molecule has 0 aromatic heterocycles. The Balaban J connectivity index is 2.67. The molecule has 0 bridgehead atoms. The molecule has 1 aromatic carbocycles. The lowest BCUT2D eigenvalue weighted by Crippen LogP contribution is -2.37. The van der Waals surface area contributed by atoms with Crippen molar-refractivity contribution in [2.24, 2.45) is 11.5 Å². The normalized spacial score (nSPS) is 11.2. The van der Waals surface area contributed by atoms with E-state index in [-0.39, 0.29) is 17.9 Å². The third kappa shape index (κ3) is 7.46. The maximum absolute atomic E-state index is 12.3. The zero-order chi connectivity index (χ0) is 15.9. The predicted octanol–water partition coefficient (Wildman–Crippen LogP) is 1.41. The summed E-state index contributed by atoms with van der Waals surface area (Å²) in [6.45, 7) is 4.61. The fourth-order valence-electron chi connectivity index (χ4n) is 1.93. The monoisotopic (exact) mass is 291 g/mol. The van der Waals surface area contributed by atoms with Crippen molar-refractivity contribution in [1.82, 2.24) is 4.90 Å². The van der Waals surface area contributed by atoms with Crippen LogP contribution in [-0.4, -0.2) is 28.8 Å². The summed E-state index contributed by atoms with van der Waals surface area (Å²) in [4.78, 5) is 25.0. The Morgan fingerprint density at radius 1 is 1.14 bits per heavy atom. The number of benzene rings is 1. The predicted molar refractivity (Wildman–Crippen MR) is 83.2 cm³/mol. The molecule has 0 radical (unpaired) electrons. The Labute approximate surface area is 126 Å². The first-order valence-corrected chi connectivity index (χ1v) is 7.17. The van der Waals surface area contributed by atoms with Gasteiger partial charge in [0.25, 0.3) is 0 Å². The topological polar surface area (TPSA) is 89.4 Å². The van der Waals surface area contributed by atoms with E-state index in [4.69, 9.17) is 11.5 Å². The van der Waals surface area contributed by atoms with E-state index in [0.717, 1.165) is 5.56 Å². The van der Waals surface area contributed by atoms with Gasteiger partial charge in [0.2, 0.25) is 11.8 Å². The zero-order valence-electron chi connectivity index (χ0n) is 12.8. The average molecular weight is 291 g/mol. The van der Waals surface area contributed by atoms with Gasteiger partial charge >= 0.3 is 0 Å². The molecule has 1 rings (SSSR count). The minimum absolute atomic E-state index is 0.00127. The van der Waals surface area contributed by atoms with Crippen LogP contribution in [0.3, 0.4) is 0 Å². The molecule has 116 valence electrons. The summed E-state index contributed by atoms with van der Waals surface area (Å²) in [6.07, 6.45) is 1.15. The molecule has 0 aliphatic carbocycles. The van der Waals surface area contributed by atoms with Gasteiger partial charge in [0.05, 0.1) is 0 Å². The van der Waals surface area contributed by atoms with Gasteiger partial charge in [-0.15, -0.1) is 0 Å². The first-order valence-electron chi connectivity index (χ1n) is 7.17. The average Bonchev–Trinajstić information content (AvgIpc) is 2.41. The van der Waals surface area contributed by atoms with Gasteiger partial charge in [0.15, 0.2) is 0 Å². The van der Waals surface area contributed by atoms with Crippen LogP contribution in [0, 0.1) is 0 Å². The minimum Gasteiger partial charge on any atom is -0.370 e. The van der Waals surface area contributed by atoms with E-state index in [1.54, 1.807) is 4.90 Å². The van der Waals surface area contributed by atoms with E-state index in [2.05, 4.69) is 0 Å². The maximum atomic E-state index is 12.3. The standard InChI is InChI=1S/C16H25N3O2/c1-16(2,18)10-8-15(21)19(11-9-14(17)20)12-13-6-4-3-5-7-13/h3-7H,8-12,18H2,1-2H3,(H2,17,20). The summed E-state index contributed by atoms with van der Waals surface area (Å²) < 4.78 is 0. The molecule has 0 spiro atoms. The molecule has 21 heavy (non-hydrogen) atoms. The first kappa shape index (κ1) is 17.2. The summed E-state index contributed by atoms with van der Waals surface area (Å²) in [5.74, 6) is -0.404. The second kappa shape index (κ2) is 7.78. The zero-order valence-corrected chi connectivity index (χ0v) is 12.8. The molecule has 2 amide bonds. The molecule has 0 saturated carbocycles. The molecule has 1 aromatic rings. The molecular weight excluding hydrogens is 266 g/mol. The van der Waals surface area contributed by atoms with Crippen LogP contribution in [0.4, 0.5) is 0 Å². The van der Waals surface area contributed by atoms with Gasteiger partial charge in [-0.25, -0.2) is 0 Å². The number of nitrogens with zero attached hydrogens (tertiary/aromatic N) is 1. The Morgan fingerprint density at radius 2 is 1.76 bits per heavy atom.